The van der Waals surface area contributed by atoms with Crippen LogP contribution in [-0.2, 0) is 11.2 Å². The molecule has 1 aliphatic carbocycles. The molecule has 1 N–H and O–H groups in total. The van der Waals surface area contributed by atoms with Gasteiger partial charge in [0.15, 0.2) is 17.5 Å². The van der Waals surface area contributed by atoms with E-state index in [-0.39, 0.29) is 17.4 Å². The van der Waals surface area contributed by atoms with Crippen molar-refractivity contribution in [1.82, 2.24) is 0 Å². The second kappa shape index (κ2) is 7.94. The van der Waals surface area contributed by atoms with E-state index in [4.69, 9.17) is 0 Å². The Morgan fingerprint density at radius 1 is 1.08 bits per heavy atom. The van der Waals surface area contributed by atoms with Gasteiger partial charge in [0.25, 0.3) is 0 Å². The minimum atomic E-state index is -1.49. The number of benzene rings is 2. The number of hydrogen-bond donors (Lipinski definition) is 1. The van der Waals surface area contributed by atoms with Gasteiger partial charge in [-0.3, -0.25) is 4.79 Å². The van der Waals surface area contributed by atoms with E-state index in [1.54, 1.807) is 0 Å². The van der Waals surface area contributed by atoms with Crippen LogP contribution < -0.4 is 5.32 Å². The molecule has 0 spiro atoms. The van der Waals surface area contributed by atoms with E-state index in [0.717, 1.165) is 43.4 Å². The van der Waals surface area contributed by atoms with E-state index < -0.39 is 23.5 Å². The zero-order valence-corrected chi connectivity index (χ0v) is 14.7. The van der Waals surface area contributed by atoms with Crippen LogP contribution in [0.25, 0.3) is 0 Å². The van der Waals surface area contributed by atoms with Gasteiger partial charge in [-0.15, -0.1) is 0 Å². The lowest BCUT2D eigenvalue weighted by Crippen LogP contribution is -2.30. The van der Waals surface area contributed by atoms with Crippen molar-refractivity contribution in [2.24, 2.45) is 5.92 Å². The van der Waals surface area contributed by atoms with Crippen LogP contribution in [0.1, 0.15) is 49.8 Å². The summed E-state index contributed by atoms with van der Waals surface area (Å²) >= 11 is 0. The fraction of sp³-hybridized carbons (Fsp3) is 0.381. The zero-order chi connectivity index (χ0) is 18.7. The Bertz CT molecular complexity index is 765. The maximum atomic E-state index is 13.6. The fourth-order valence-corrected chi connectivity index (χ4v) is 3.56. The number of halogens is 3. The van der Waals surface area contributed by atoms with Crippen LogP contribution in [0.3, 0.4) is 0 Å². The SMILES string of the molecule is CCc1ccc([C@H](Nc2cc(F)c(F)c(F)c2)[C@@H]2CCCCC2=O)cc1. The summed E-state index contributed by atoms with van der Waals surface area (Å²) < 4.78 is 40.4. The average Bonchev–Trinajstić information content (AvgIpc) is 2.65. The third kappa shape index (κ3) is 3.92. The lowest BCUT2D eigenvalue weighted by Gasteiger charge is -2.31. The van der Waals surface area contributed by atoms with Crippen LogP contribution in [0.5, 0.6) is 0 Å². The van der Waals surface area contributed by atoms with E-state index in [2.05, 4.69) is 12.2 Å². The molecule has 0 amide bonds. The number of hydrogen-bond acceptors (Lipinski definition) is 2. The number of Topliss-reactive ketones (excluding diaryl/α,β-unsaturated/α-hetero) is 1. The standard InChI is InChI=1S/C21H22F3NO/c1-2-13-7-9-14(10-8-13)21(16-5-3-4-6-19(16)26)25-15-11-17(22)20(24)18(23)12-15/h7-12,16,21,25H,2-6H2,1H3/t16-,21+/m1/s1. The molecule has 1 saturated carbocycles. The minimum Gasteiger partial charge on any atom is -0.377 e. The van der Waals surface area contributed by atoms with Crippen molar-refractivity contribution in [1.29, 1.82) is 0 Å². The van der Waals surface area contributed by atoms with Gasteiger partial charge in [0.05, 0.1) is 6.04 Å². The van der Waals surface area contributed by atoms with Gasteiger partial charge in [-0.1, -0.05) is 37.6 Å². The smallest absolute Gasteiger partial charge is 0.194 e. The number of carbonyl (C=O) groups excluding carboxylic acids is 1. The first-order chi connectivity index (χ1) is 12.5. The second-order valence-corrected chi connectivity index (χ2v) is 6.79. The highest BCUT2D eigenvalue weighted by Crippen LogP contribution is 2.35. The topological polar surface area (TPSA) is 29.1 Å². The summed E-state index contributed by atoms with van der Waals surface area (Å²) in [5, 5.41) is 3.07. The Morgan fingerprint density at radius 3 is 2.31 bits per heavy atom. The van der Waals surface area contributed by atoms with Gasteiger partial charge < -0.3 is 5.32 Å². The van der Waals surface area contributed by atoms with Crippen molar-refractivity contribution >= 4 is 11.5 Å². The molecule has 0 unspecified atom stereocenters. The number of carbonyl (C=O) groups is 1. The lowest BCUT2D eigenvalue weighted by molar-refractivity contribution is -0.125. The van der Waals surface area contributed by atoms with Gasteiger partial charge in [-0.2, -0.15) is 0 Å². The zero-order valence-electron chi connectivity index (χ0n) is 14.7. The number of aryl methyl sites for hydroxylation is 1. The summed E-state index contributed by atoms with van der Waals surface area (Å²) in [6.45, 7) is 2.06. The first kappa shape index (κ1) is 18.5. The Labute approximate surface area is 151 Å². The monoisotopic (exact) mass is 361 g/mol. The normalized spacial score (nSPS) is 18.6. The van der Waals surface area contributed by atoms with E-state index in [9.17, 15) is 18.0 Å². The molecular formula is C21H22F3NO. The largest absolute Gasteiger partial charge is 0.377 e. The summed E-state index contributed by atoms with van der Waals surface area (Å²) in [4.78, 5) is 12.5. The van der Waals surface area contributed by atoms with Crippen molar-refractivity contribution in [2.45, 2.75) is 45.1 Å². The highest BCUT2D eigenvalue weighted by atomic mass is 19.2. The second-order valence-electron chi connectivity index (χ2n) is 6.79. The predicted octanol–water partition coefficient (Wildman–Crippen LogP) is 5.58. The van der Waals surface area contributed by atoms with Crippen LogP contribution >= 0.6 is 0 Å². The molecule has 0 saturated heterocycles. The van der Waals surface area contributed by atoms with Crippen LogP contribution in [-0.4, -0.2) is 5.78 Å². The third-order valence-corrected chi connectivity index (χ3v) is 5.06. The highest BCUT2D eigenvalue weighted by Gasteiger charge is 2.31. The predicted molar refractivity (Wildman–Crippen MR) is 95.5 cm³/mol. The number of rotatable bonds is 5. The van der Waals surface area contributed by atoms with E-state index in [1.165, 1.54) is 5.56 Å². The van der Waals surface area contributed by atoms with E-state index in [1.807, 2.05) is 24.3 Å². The molecule has 5 heteroatoms. The molecule has 2 aromatic carbocycles. The van der Waals surface area contributed by atoms with Crippen molar-refractivity contribution in [3.63, 3.8) is 0 Å². The molecule has 138 valence electrons. The van der Waals surface area contributed by atoms with E-state index in [0.29, 0.717) is 6.42 Å². The van der Waals surface area contributed by atoms with E-state index >= 15 is 0 Å². The number of ketones is 1. The maximum absolute atomic E-state index is 13.6. The minimum absolute atomic E-state index is 0.129. The van der Waals surface area contributed by atoms with Crippen molar-refractivity contribution < 1.29 is 18.0 Å². The van der Waals surface area contributed by atoms with Gasteiger partial charge in [0, 0.05) is 30.2 Å². The quantitative estimate of drug-likeness (QED) is 0.705. The van der Waals surface area contributed by atoms with Gasteiger partial charge >= 0.3 is 0 Å². The van der Waals surface area contributed by atoms with Crippen LogP contribution in [0.15, 0.2) is 36.4 Å². The third-order valence-electron chi connectivity index (χ3n) is 5.06. The number of nitrogens with one attached hydrogen (secondary N) is 1. The molecule has 0 heterocycles. The molecule has 2 aromatic rings. The molecule has 0 aliphatic heterocycles. The van der Waals surface area contributed by atoms with Gasteiger partial charge in [0.2, 0.25) is 0 Å². The highest BCUT2D eigenvalue weighted by molar-refractivity contribution is 5.83. The Balaban J connectivity index is 1.95. The van der Waals surface area contributed by atoms with Crippen LogP contribution in [0, 0.1) is 23.4 Å². The molecule has 1 fully saturated rings. The van der Waals surface area contributed by atoms with Crippen LogP contribution in [0.4, 0.5) is 18.9 Å². The summed E-state index contributed by atoms with van der Waals surface area (Å²) in [5.41, 5.74) is 2.18. The molecule has 26 heavy (non-hydrogen) atoms. The Hall–Kier alpha value is -2.30. The maximum Gasteiger partial charge on any atom is 0.194 e. The molecule has 1 aliphatic rings. The molecule has 0 aromatic heterocycles. The number of anilines is 1. The molecule has 0 bridgehead atoms. The van der Waals surface area contributed by atoms with Gasteiger partial charge in [-0.25, -0.2) is 13.2 Å². The Morgan fingerprint density at radius 2 is 1.73 bits per heavy atom. The van der Waals surface area contributed by atoms with Gasteiger partial charge in [-0.05, 0) is 30.4 Å². The molecule has 0 radical (unpaired) electrons. The summed E-state index contributed by atoms with van der Waals surface area (Å²) in [5.74, 6) is -4.11. The molecular weight excluding hydrogens is 339 g/mol. The van der Waals surface area contributed by atoms with Crippen molar-refractivity contribution in [3.05, 3.63) is 65.0 Å². The summed E-state index contributed by atoms with van der Waals surface area (Å²) in [6.07, 6.45) is 3.94. The average molecular weight is 361 g/mol. The van der Waals surface area contributed by atoms with Crippen molar-refractivity contribution in [2.75, 3.05) is 5.32 Å². The lowest BCUT2D eigenvalue weighted by atomic mass is 9.80. The molecule has 2 nitrogen and oxygen atoms in total. The fourth-order valence-electron chi connectivity index (χ4n) is 3.56. The van der Waals surface area contributed by atoms with Gasteiger partial charge in [0.1, 0.15) is 5.78 Å². The first-order valence-electron chi connectivity index (χ1n) is 9.02. The van der Waals surface area contributed by atoms with Crippen molar-refractivity contribution in [3.8, 4) is 0 Å². The molecule has 2 atom stereocenters. The summed E-state index contributed by atoms with van der Waals surface area (Å²) in [7, 11) is 0. The first-order valence-corrected chi connectivity index (χ1v) is 9.02. The van der Waals surface area contributed by atoms with Crippen LogP contribution in [0.2, 0.25) is 0 Å². The summed E-state index contributed by atoms with van der Waals surface area (Å²) in [6, 6.07) is 9.31. The Kier molecular flexibility index (Phi) is 5.64. The molecule has 3 rings (SSSR count).